The van der Waals surface area contributed by atoms with Gasteiger partial charge < -0.3 is 19.7 Å². The second-order valence-electron chi connectivity index (χ2n) is 4.42. The molecule has 3 N–H and O–H groups in total. The third-order valence-corrected chi connectivity index (χ3v) is 2.82. The molecule has 2 aromatic rings. The number of ether oxygens (including phenoxy) is 1. The number of amides is 2. The first-order valence-corrected chi connectivity index (χ1v) is 6.39. The fourth-order valence-electron chi connectivity index (χ4n) is 1.83. The van der Waals surface area contributed by atoms with Gasteiger partial charge in [0.2, 0.25) is 0 Å². The highest BCUT2D eigenvalue weighted by Crippen LogP contribution is 2.23. The Balaban J connectivity index is 1.88. The third-order valence-electron chi connectivity index (χ3n) is 2.82. The summed E-state index contributed by atoms with van der Waals surface area (Å²) in [5, 5.41) is 18.8. The van der Waals surface area contributed by atoms with Crippen molar-refractivity contribution in [2.75, 3.05) is 19.0 Å². The second-order valence-corrected chi connectivity index (χ2v) is 4.42. The molecule has 1 aromatic carbocycles. The van der Waals surface area contributed by atoms with Crippen molar-refractivity contribution in [3.05, 3.63) is 41.7 Å². The Morgan fingerprint density at radius 3 is 2.90 bits per heavy atom. The number of hydrogen-bond donors (Lipinski definition) is 3. The Hall–Kier alpha value is -2.54. The summed E-state index contributed by atoms with van der Waals surface area (Å²) in [6, 6.07) is 8.20. The van der Waals surface area contributed by atoms with Gasteiger partial charge in [-0.05, 0) is 13.0 Å². The summed E-state index contributed by atoms with van der Waals surface area (Å²) >= 11 is 0. The summed E-state index contributed by atoms with van der Waals surface area (Å²) in [7, 11) is 1.53. The molecule has 112 valence electrons. The Bertz CT molecular complexity index is 612. The van der Waals surface area contributed by atoms with Crippen LogP contribution in [0.2, 0.25) is 0 Å². The summed E-state index contributed by atoms with van der Waals surface area (Å²) in [5.74, 6) is 1.48. The minimum Gasteiger partial charge on any atom is -0.496 e. The van der Waals surface area contributed by atoms with Crippen LogP contribution in [-0.2, 0) is 0 Å². The number of para-hydroxylation sites is 1. The number of rotatable bonds is 5. The van der Waals surface area contributed by atoms with Gasteiger partial charge in [0.1, 0.15) is 11.5 Å². The number of carbonyl (C=O) groups excluding carboxylic acids is 1. The van der Waals surface area contributed by atoms with E-state index >= 15 is 0 Å². The molecular formula is C14H17N3O4. The van der Waals surface area contributed by atoms with Gasteiger partial charge in [-0.25, -0.2) is 4.79 Å². The monoisotopic (exact) mass is 291 g/mol. The first-order chi connectivity index (χ1) is 10.1. The van der Waals surface area contributed by atoms with Crippen molar-refractivity contribution in [3.8, 4) is 5.75 Å². The predicted molar refractivity (Wildman–Crippen MR) is 76.2 cm³/mol. The molecule has 1 heterocycles. The lowest BCUT2D eigenvalue weighted by Crippen LogP contribution is -2.32. The number of benzene rings is 1. The van der Waals surface area contributed by atoms with Crippen molar-refractivity contribution in [3.63, 3.8) is 0 Å². The normalized spacial score (nSPS) is 11.8. The number of aliphatic hydroxyl groups is 1. The Kier molecular flexibility index (Phi) is 4.78. The highest BCUT2D eigenvalue weighted by molar-refractivity contribution is 5.88. The summed E-state index contributed by atoms with van der Waals surface area (Å²) < 4.78 is 9.99. The fourth-order valence-corrected chi connectivity index (χ4v) is 1.83. The molecule has 0 spiro atoms. The molecule has 21 heavy (non-hydrogen) atoms. The highest BCUT2D eigenvalue weighted by atomic mass is 16.5. The quantitative estimate of drug-likeness (QED) is 0.781. The van der Waals surface area contributed by atoms with Gasteiger partial charge in [-0.2, -0.15) is 0 Å². The molecule has 2 rings (SSSR count). The fraction of sp³-hybridized carbons (Fsp3) is 0.286. The largest absolute Gasteiger partial charge is 0.496 e. The van der Waals surface area contributed by atoms with Crippen LogP contribution in [0.5, 0.6) is 5.75 Å². The van der Waals surface area contributed by atoms with E-state index in [1.807, 2.05) is 6.07 Å². The number of hydrogen-bond acceptors (Lipinski definition) is 5. The number of aryl methyl sites for hydroxylation is 1. The van der Waals surface area contributed by atoms with Crippen LogP contribution in [0.1, 0.15) is 17.4 Å². The Morgan fingerprint density at radius 1 is 1.48 bits per heavy atom. The lowest BCUT2D eigenvalue weighted by molar-refractivity contribution is 0.171. The minimum atomic E-state index is -0.869. The molecule has 0 unspecified atom stereocenters. The van der Waals surface area contributed by atoms with Crippen molar-refractivity contribution in [2.45, 2.75) is 13.0 Å². The summed E-state index contributed by atoms with van der Waals surface area (Å²) in [6.45, 7) is 1.77. The van der Waals surface area contributed by atoms with Crippen LogP contribution in [0.3, 0.4) is 0 Å². The van der Waals surface area contributed by atoms with E-state index in [0.717, 1.165) is 0 Å². The number of aliphatic hydroxyl groups excluding tert-OH is 1. The topological polar surface area (TPSA) is 96.6 Å². The molecule has 1 atom stereocenters. The number of nitrogens with zero attached hydrogens (tertiary/aromatic N) is 1. The van der Waals surface area contributed by atoms with Crippen LogP contribution in [0.25, 0.3) is 0 Å². The molecule has 7 nitrogen and oxygen atoms in total. The molecular weight excluding hydrogens is 274 g/mol. The van der Waals surface area contributed by atoms with E-state index in [-0.39, 0.29) is 6.54 Å². The smallest absolute Gasteiger partial charge is 0.320 e. The lowest BCUT2D eigenvalue weighted by Gasteiger charge is -2.15. The number of methoxy groups -OCH3 is 1. The average molecular weight is 291 g/mol. The van der Waals surface area contributed by atoms with Crippen LogP contribution in [0, 0.1) is 6.92 Å². The van der Waals surface area contributed by atoms with Crippen LogP contribution in [0.4, 0.5) is 10.6 Å². The SMILES string of the molecule is COc1ccccc1[C@H](O)CNC(=O)Nc1cc(C)on1. The van der Waals surface area contributed by atoms with Crippen molar-refractivity contribution in [2.24, 2.45) is 0 Å². The number of anilines is 1. The molecule has 0 saturated heterocycles. The zero-order valence-electron chi connectivity index (χ0n) is 11.8. The van der Waals surface area contributed by atoms with E-state index in [2.05, 4.69) is 15.8 Å². The third kappa shape index (κ3) is 3.96. The molecule has 0 fully saturated rings. The van der Waals surface area contributed by atoms with Gasteiger partial charge in [-0.3, -0.25) is 5.32 Å². The first-order valence-electron chi connectivity index (χ1n) is 6.39. The van der Waals surface area contributed by atoms with Gasteiger partial charge in [-0.15, -0.1) is 0 Å². The van der Waals surface area contributed by atoms with Gasteiger partial charge in [0, 0.05) is 18.2 Å². The maximum absolute atomic E-state index is 11.7. The van der Waals surface area contributed by atoms with Crippen molar-refractivity contribution < 1.29 is 19.2 Å². The zero-order chi connectivity index (χ0) is 15.2. The zero-order valence-corrected chi connectivity index (χ0v) is 11.8. The maximum atomic E-state index is 11.7. The molecule has 0 bridgehead atoms. The Labute approximate surface area is 121 Å². The molecule has 2 amide bonds. The van der Waals surface area contributed by atoms with E-state index in [9.17, 15) is 9.90 Å². The average Bonchev–Trinajstić information content (AvgIpc) is 2.89. The second kappa shape index (κ2) is 6.76. The molecule has 1 aromatic heterocycles. The van der Waals surface area contributed by atoms with Gasteiger partial charge in [0.15, 0.2) is 5.82 Å². The van der Waals surface area contributed by atoms with Gasteiger partial charge >= 0.3 is 6.03 Å². The molecule has 0 radical (unpaired) electrons. The van der Waals surface area contributed by atoms with Gasteiger partial charge in [-0.1, -0.05) is 23.4 Å². The van der Waals surface area contributed by atoms with Gasteiger partial charge in [0.25, 0.3) is 0 Å². The number of nitrogens with one attached hydrogen (secondary N) is 2. The predicted octanol–water partition coefficient (Wildman–Crippen LogP) is 1.85. The van der Waals surface area contributed by atoms with Crippen LogP contribution in [-0.4, -0.2) is 29.9 Å². The summed E-state index contributed by atoms with van der Waals surface area (Å²) in [5.41, 5.74) is 0.609. The van der Waals surface area contributed by atoms with E-state index in [1.54, 1.807) is 31.2 Å². The van der Waals surface area contributed by atoms with E-state index in [4.69, 9.17) is 9.26 Å². The van der Waals surface area contributed by atoms with Crippen molar-refractivity contribution in [1.82, 2.24) is 10.5 Å². The summed E-state index contributed by atoms with van der Waals surface area (Å²) in [6.07, 6.45) is -0.869. The Morgan fingerprint density at radius 2 is 2.24 bits per heavy atom. The van der Waals surface area contributed by atoms with Crippen LogP contribution in [0.15, 0.2) is 34.9 Å². The van der Waals surface area contributed by atoms with Gasteiger partial charge in [0.05, 0.1) is 13.2 Å². The number of carbonyl (C=O) groups is 1. The first kappa shape index (κ1) is 14.9. The van der Waals surface area contributed by atoms with Crippen LogP contribution < -0.4 is 15.4 Å². The summed E-state index contributed by atoms with van der Waals surface area (Å²) in [4.78, 5) is 11.7. The number of urea groups is 1. The minimum absolute atomic E-state index is 0.0447. The lowest BCUT2D eigenvalue weighted by atomic mass is 10.1. The molecule has 0 saturated carbocycles. The molecule has 0 aliphatic rings. The van der Waals surface area contributed by atoms with E-state index < -0.39 is 12.1 Å². The number of aromatic nitrogens is 1. The highest BCUT2D eigenvalue weighted by Gasteiger charge is 2.14. The maximum Gasteiger partial charge on any atom is 0.320 e. The molecule has 7 heteroatoms. The molecule has 0 aliphatic carbocycles. The molecule has 0 aliphatic heterocycles. The van der Waals surface area contributed by atoms with Crippen LogP contribution >= 0.6 is 0 Å². The van der Waals surface area contributed by atoms with Crippen molar-refractivity contribution in [1.29, 1.82) is 0 Å². The van der Waals surface area contributed by atoms with E-state index in [0.29, 0.717) is 22.9 Å². The standard InChI is InChI=1S/C14H17N3O4/c1-9-7-13(17-21-9)16-14(19)15-8-11(18)10-5-3-4-6-12(10)20-2/h3-7,11,18H,8H2,1-2H3,(H2,15,16,17,19)/t11-/m1/s1. The van der Waals surface area contributed by atoms with E-state index in [1.165, 1.54) is 7.11 Å². The van der Waals surface area contributed by atoms with Crippen molar-refractivity contribution >= 4 is 11.8 Å².